The highest BCUT2D eigenvalue weighted by molar-refractivity contribution is 7.99. The lowest BCUT2D eigenvalue weighted by Crippen LogP contribution is -2.33. The molecule has 1 aromatic heterocycles. The van der Waals surface area contributed by atoms with E-state index in [4.69, 9.17) is 9.72 Å². The predicted molar refractivity (Wildman–Crippen MR) is 120 cm³/mol. The van der Waals surface area contributed by atoms with Gasteiger partial charge in [-0.05, 0) is 56.0 Å². The smallest absolute Gasteiger partial charge is 0.266 e. The number of nitrogens with one attached hydrogen (secondary N) is 1. The highest BCUT2D eigenvalue weighted by atomic mass is 32.2. The molecule has 0 unspecified atom stereocenters. The number of thioether (sulfide) groups is 1. The van der Waals surface area contributed by atoms with Gasteiger partial charge in [0.1, 0.15) is 0 Å². The molecule has 1 atom stereocenters. The Bertz CT molecular complexity index is 1140. The highest BCUT2D eigenvalue weighted by Crippen LogP contribution is 2.24. The van der Waals surface area contributed by atoms with E-state index in [2.05, 4.69) is 5.32 Å². The predicted octanol–water partition coefficient (Wildman–Crippen LogP) is 3.39. The van der Waals surface area contributed by atoms with Crippen molar-refractivity contribution in [3.63, 3.8) is 0 Å². The summed E-state index contributed by atoms with van der Waals surface area (Å²) in [6.07, 6.45) is 2.12. The Hall–Kier alpha value is -2.64. The molecule has 1 saturated heterocycles. The van der Waals surface area contributed by atoms with Crippen LogP contribution in [0.1, 0.15) is 24.0 Å². The molecular formula is C23H25N3O3S. The molecule has 7 heteroatoms. The monoisotopic (exact) mass is 423 g/mol. The van der Waals surface area contributed by atoms with E-state index in [9.17, 15) is 9.59 Å². The summed E-state index contributed by atoms with van der Waals surface area (Å²) in [5, 5.41) is 4.00. The van der Waals surface area contributed by atoms with E-state index >= 15 is 0 Å². The molecule has 156 valence electrons. The summed E-state index contributed by atoms with van der Waals surface area (Å²) in [6.45, 7) is 5.25. The molecule has 6 nitrogen and oxygen atoms in total. The summed E-state index contributed by atoms with van der Waals surface area (Å²) in [6, 6.07) is 13.3. The second-order valence-electron chi connectivity index (χ2n) is 7.57. The van der Waals surface area contributed by atoms with Gasteiger partial charge in [0.2, 0.25) is 5.91 Å². The fraction of sp³-hybridized carbons (Fsp3) is 0.348. The van der Waals surface area contributed by atoms with E-state index in [1.807, 2.05) is 50.2 Å². The lowest BCUT2D eigenvalue weighted by atomic mass is 10.1. The number of nitrogens with zero attached hydrogens (tertiary/aromatic N) is 2. The number of benzene rings is 2. The average molecular weight is 424 g/mol. The van der Waals surface area contributed by atoms with Crippen molar-refractivity contribution < 1.29 is 9.53 Å². The zero-order valence-corrected chi connectivity index (χ0v) is 18.0. The summed E-state index contributed by atoms with van der Waals surface area (Å²) >= 11 is 1.28. The quantitative estimate of drug-likeness (QED) is 0.486. The molecule has 0 radical (unpaired) electrons. The Morgan fingerprint density at radius 2 is 2.10 bits per heavy atom. The molecule has 4 rings (SSSR count). The number of carbonyl (C=O) groups excluding carboxylic acids is 1. The van der Waals surface area contributed by atoms with Crippen LogP contribution in [-0.4, -0.2) is 40.5 Å². The molecule has 1 N–H and O–H groups in total. The number of carbonyl (C=O) groups is 1. The first-order valence-corrected chi connectivity index (χ1v) is 11.1. The van der Waals surface area contributed by atoms with Gasteiger partial charge < -0.3 is 10.1 Å². The van der Waals surface area contributed by atoms with Crippen molar-refractivity contribution in [3.8, 4) is 5.69 Å². The second kappa shape index (κ2) is 9.02. The minimum Gasteiger partial charge on any atom is -0.376 e. The Balaban J connectivity index is 1.65. The SMILES string of the molecule is Cc1ccc(C)c(-n2c(SCC(=O)NC[C@H]3CCCO3)nc3ccccc3c2=O)c1. The third-order valence-corrected chi connectivity index (χ3v) is 6.17. The maximum absolute atomic E-state index is 13.4. The number of hydrogen-bond acceptors (Lipinski definition) is 5. The normalized spacial score (nSPS) is 16.1. The van der Waals surface area contributed by atoms with Crippen LogP contribution in [0.15, 0.2) is 52.4 Å². The Kier molecular flexibility index (Phi) is 6.20. The van der Waals surface area contributed by atoms with Crippen molar-refractivity contribution in [3.05, 3.63) is 63.9 Å². The van der Waals surface area contributed by atoms with E-state index in [1.54, 1.807) is 10.6 Å². The first-order chi connectivity index (χ1) is 14.5. The summed E-state index contributed by atoms with van der Waals surface area (Å²) in [4.78, 5) is 30.5. The van der Waals surface area contributed by atoms with Gasteiger partial charge in [0, 0.05) is 13.2 Å². The van der Waals surface area contributed by atoms with Gasteiger partial charge in [-0.3, -0.25) is 14.2 Å². The Morgan fingerprint density at radius 1 is 1.27 bits per heavy atom. The van der Waals surface area contributed by atoms with Crippen molar-refractivity contribution in [2.24, 2.45) is 0 Å². The van der Waals surface area contributed by atoms with Crippen LogP contribution in [0.25, 0.3) is 16.6 Å². The van der Waals surface area contributed by atoms with Crippen LogP contribution in [-0.2, 0) is 9.53 Å². The average Bonchev–Trinajstić information content (AvgIpc) is 3.27. The van der Waals surface area contributed by atoms with Crippen LogP contribution in [0.4, 0.5) is 0 Å². The second-order valence-corrected chi connectivity index (χ2v) is 8.51. The topological polar surface area (TPSA) is 73.2 Å². The van der Waals surface area contributed by atoms with Crippen molar-refractivity contribution in [2.45, 2.75) is 37.9 Å². The zero-order valence-electron chi connectivity index (χ0n) is 17.2. The highest BCUT2D eigenvalue weighted by Gasteiger charge is 2.18. The minimum absolute atomic E-state index is 0.0922. The van der Waals surface area contributed by atoms with Gasteiger partial charge in [-0.15, -0.1) is 0 Å². The van der Waals surface area contributed by atoms with Gasteiger partial charge in [0.05, 0.1) is 28.4 Å². The lowest BCUT2D eigenvalue weighted by Gasteiger charge is -2.16. The van der Waals surface area contributed by atoms with Gasteiger partial charge >= 0.3 is 0 Å². The molecular weight excluding hydrogens is 398 g/mol. The van der Waals surface area contributed by atoms with Crippen molar-refractivity contribution >= 4 is 28.6 Å². The van der Waals surface area contributed by atoms with Crippen LogP contribution >= 0.6 is 11.8 Å². The molecule has 1 aliphatic heterocycles. The van der Waals surface area contributed by atoms with Crippen LogP contribution < -0.4 is 10.9 Å². The minimum atomic E-state index is -0.128. The van der Waals surface area contributed by atoms with Gasteiger partial charge in [0.15, 0.2) is 5.16 Å². The van der Waals surface area contributed by atoms with Crippen molar-refractivity contribution in [2.75, 3.05) is 18.9 Å². The van der Waals surface area contributed by atoms with Crippen LogP contribution in [0.3, 0.4) is 0 Å². The number of aromatic nitrogens is 2. The first kappa shape index (κ1) is 20.6. The zero-order chi connectivity index (χ0) is 21.1. The van der Waals surface area contributed by atoms with Gasteiger partial charge in [-0.25, -0.2) is 4.98 Å². The molecule has 0 bridgehead atoms. The van der Waals surface area contributed by atoms with E-state index < -0.39 is 0 Å². The third-order valence-electron chi connectivity index (χ3n) is 5.23. The molecule has 0 aliphatic carbocycles. The maximum Gasteiger partial charge on any atom is 0.266 e. The lowest BCUT2D eigenvalue weighted by molar-refractivity contribution is -0.119. The van der Waals surface area contributed by atoms with Crippen LogP contribution in [0, 0.1) is 13.8 Å². The molecule has 2 aromatic carbocycles. The Labute approximate surface area is 179 Å². The van der Waals surface area contributed by atoms with Gasteiger partial charge in [-0.2, -0.15) is 0 Å². The molecule has 3 aromatic rings. The molecule has 1 amide bonds. The van der Waals surface area contributed by atoms with E-state index in [-0.39, 0.29) is 23.3 Å². The number of para-hydroxylation sites is 1. The fourth-order valence-electron chi connectivity index (χ4n) is 3.60. The van der Waals surface area contributed by atoms with Gasteiger partial charge in [-0.1, -0.05) is 36.0 Å². The Morgan fingerprint density at radius 3 is 2.90 bits per heavy atom. The summed E-state index contributed by atoms with van der Waals surface area (Å²) < 4.78 is 7.18. The molecule has 0 saturated carbocycles. The van der Waals surface area contributed by atoms with Gasteiger partial charge in [0.25, 0.3) is 5.56 Å². The first-order valence-electron chi connectivity index (χ1n) is 10.1. The molecule has 1 fully saturated rings. The largest absolute Gasteiger partial charge is 0.376 e. The number of aryl methyl sites for hydroxylation is 2. The van der Waals surface area contributed by atoms with Crippen LogP contribution in [0.2, 0.25) is 0 Å². The van der Waals surface area contributed by atoms with Crippen molar-refractivity contribution in [1.82, 2.24) is 14.9 Å². The number of fused-ring (bicyclic) bond motifs is 1. The third kappa shape index (κ3) is 4.42. The number of hydrogen-bond donors (Lipinski definition) is 1. The fourth-order valence-corrected chi connectivity index (χ4v) is 4.43. The van der Waals surface area contributed by atoms with E-state index in [0.717, 1.165) is 36.3 Å². The molecule has 1 aliphatic rings. The summed E-state index contributed by atoms with van der Waals surface area (Å²) in [5.74, 6) is 0.0907. The van der Waals surface area contributed by atoms with E-state index in [1.165, 1.54) is 11.8 Å². The molecule has 2 heterocycles. The summed E-state index contributed by atoms with van der Waals surface area (Å²) in [5.41, 5.74) is 3.33. The number of rotatable bonds is 6. The summed E-state index contributed by atoms with van der Waals surface area (Å²) in [7, 11) is 0. The number of ether oxygens (including phenoxy) is 1. The number of amides is 1. The van der Waals surface area contributed by atoms with Crippen LogP contribution in [0.5, 0.6) is 0 Å². The standard InChI is InChI=1S/C23H25N3O3S/c1-15-9-10-16(2)20(12-15)26-22(28)18-7-3-4-8-19(18)25-23(26)30-14-21(27)24-13-17-6-5-11-29-17/h3-4,7-10,12,17H,5-6,11,13-14H2,1-2H3,(H,24,27)/t17-/m1/s1. The van der Waals surface area contributed by atoms with E-state index in [0.29, 0.717) is 22.6 Å². The molecule has 30 heavy (non-hydrogen) atoms. The van der Waals surface area contributed by atoms with Crippen molar-refractivity contribution in [1.29, 1.82) is 0 Å². The molecule has 0 spiro atoms. The maximum atomic E-state index is 13.4.